The Hall–Kier alpha value is -1.26. The summed E-state index contributed by atoms with van der Waals surface area (Å²) in [6.07, 6.45) is 2.14. The molecule has 1 aromatic rings. The van der Waals surface area contributed by atoms with Crippen LogP contribution >= 0.6 is 0 Å². The van der Waals surface area contributed by atoms with Crippen molar-refractivity contribution in [2.24, 2.45) is 0 Å². The Kier molecular flexibility index (Phi) is 4.64. The zero-order valence-electron chi connectivity index (χ0n) is 10.1. The predicted octanol–water partition coefficient (Wildman–Crippen LogP) is 2.57. The maximum Gasteiger partial charge on any atom is 0.223 e. The first kappa shape index (κ1) is 12.2. The third-order valence-corrected chi connectivity index (χ3v) is 2.35. The number of hydrogen-bond donors (Lipinski definition) is 0. The van der Waals surface area contributed by atoms with Crippen LogP contribution in [0.15, 0.2) is 24.3 Å². The SMILES string of the molecule is CCCCOCOc1ccc(OC2CO2)cc1. The lowest BCUT2D eigenvalue weighted by molar-refractivity contribution is 0.0140. The van der Waals surface area contributed by atoms with Crippen molar-refractivity contribution in [2.75, 3.05) is 20.0 Å². The number of ether oxygens (including phenoxy) is 4. The highest BCUT2D eigenvalue weighted by molar-refractivity contribution is 5.31. The van der Waals surface area contributed by atoms with Crippen molar-refractivity contribution >= 4 is 0 Å². The molecule has 1 saturated heterocycles. The van der Waals surface area contributed by atoms with E-state index in [9.17, 15) is 0 Å². The Morgan fingerprint density at radius 3 is 2.59 bits per heavy atom. The van der Waals surface area contributed by atoms with E-state index in [2.05, 4.69) is 6.92 Å². The van der Waals surface area contributed by atoms with Gasteiger partial charge in [-0.1, -0.05) is 13.3 Å². The molecule has 17 heavy (non-hydrogen) atoms. The second kappa shape index (κ2) is 6.47. The Morgan fingerprint density at radius 1 is 1.24 bits per heavy atom. The van der Waals surface area contributed by atoms with E-state index in [1.54, 1.807) is 0 Å². The minimum absolute atomic E-state index is 0.0563. The molecule has 4 nitrogen and oxygen atoms in total. The van der Waals surface area contributed by atoms with Crippen LogP contribution in [0.5, 0.6) is 11.5 Å². The maximum absolute atomic E-state index is 5.43. The van der Waals surface area contributed by atoms with Crippen molar-refractivity contribution in [1.29, 1.82) is 0 Å². The molecule has 0 spiro atoms. The number of hydrogen-bond acceptors (Lipinski definition) is 4. The van der Waals surface area contributed by atoms with Gasteiger partial charge in [0.1, 0.15) is 18.1 Å². The van der Waals surface area contributed by atoms with Gasteiger partial charge in [-0.2, -0.15) is 0 Å². The normalized spacial score (nSPS) is 17.8. The Labute approximate surface area is 101 Å². The topological polar surface area (TPSA) is 40.2 Å². The van der Waals surface area contributed by atoms with Crippen LogP contribution in [0.4, 0.5) is 0 Å². The van der Waals surface area contributed by atoms with Crippen molar-refractivity contribution in [1.82, 2.24) is 0 Å². The zero-order valence-corrected chi connectivity index (χ0v) is 10.1. The highest BCUT2D eigenvalue weighted by Gasteiger charge is 2.24. The zero-order chi connectivity index (χ0) is 11.9. The molecule has 0 saturated carbocycles. The van der Waals surface area contributed by atoms with Crippen molar-refractivity contribution < 1.29 is 18.9 Å². The molecule has 1 aliphatic heterocycles. The first-order valence-corrected chi connectivity index (χ1v) is 5.97. The molecule has 1 atom stereocenters. The van der Waals surface area contributed by atoms with Gasteiger partial charge in [-0.25, -0.2) is 0 Å². The van der Waals surface area contributed by atoms with Crippen molar-refractivity contribution in [3.63, 3.8) is 0 Å². The van der Waals surface area contributed by atoms with Crippen LogP contribution in [0.25, 0.3) is 0 Å². The van der Waals surface area contributed by atoms with E-state index < -0.39 is 0 Å². The van der Waals surface area contributed by atoms with Gasteiger partial charge in [0.05, 0.1) is 6.61 Å². The predicted molar refractivity (Wildman–Crippen MR) is 63.2 cm³/mol. The van der Waals surface area contributed by atoms with Gasteiger partial charge in [0.2, 0.25) is 6.29 Å². The number of unbranched alkanes of at least 4 members (excludes halogenated alkanes) is 1. The van der Waals surface area contributed by atoms with Gasteiger partial charge in [0, 0.05) is 0 Å². The molecular weight excluding hydrogens is 220 g/mol. The van der Waals surface area contributed by atoms with Gasteiger partial charge >= 0.3 is 0 Å². The van der Waals surface area contributed by atoms with Crippen LogP contribution < -0.4 is 9.47 Å². The lowest BCUT2D eigenvalue weighted by atomic mass is 10.3. The van der Waals surface area contributed by atoms with Gasteiger partial charge < -0.3 is 18.9 Å². The van der Waals surface area contributed by atoms with Gasteiger partial charge in [-0.15, -0.1) is 0 Å². The largest absolute Gasteiger partial charge is 0.468 e. The first-order valence-electron chi connectivity index (χ1n) is 5.97. The Morgan fingerprint density at radius 2 is 1.94 bits per heavy atom. The monoisotopic (exact) mass is 238 g/mol. The molecule has 1 aromatic carbocycles. The fourth-order valence-electron chi connectivity index (χ4n) is 1.29. The fraction of sp³-hybridized carbons (Fsp3) is 0.538. The van der Waals surface area contributed by atoms with E-state index in [0.717, 1.165) is 30.9 Å². The Balaban J connectivity index is 1.66. The molecule has 94 valence electrons. The van der Waals surface area contributed by atoms with Crippen LogP contribution in [0, 0.1) is 0 Å². The summed E-state index contributed by atoms with van der Waals surface area (Å²) in [4.78, 5) is 0. The standard InChI is InChI=1S/C13H18O4/c1-2-3-8-14-10-16-11-4-6-12(7-5-11)17-13-9-15-13/h4-7,13H,2-3,8-10H2,1H3. The first-order chi connectivity index (χ1) is 8.38. The molecule has 1 fully saturated rings. The summed E-state index contributed by atoms with van der Waals surface area (Å²) in [5, 5.41) is 0. The lowest BCUT2D eigenvalue weighted by Crippen LogP contribution is -2.04. The molecule has 0 aromatic heterocycles. The van der Waals surface area contributed by atoms with Gasteiger partial charge in [0.15, 0.2) is 6.79 Å². The molecule has 1 aliphatic rings. The molecule has 1 unspecified atom stereocenters. The highest BCUT2D eigenvalue weighted by Crippen LogP contribution is 2.21. The van der Waals surface area contributed by atoms with Crippen LogP contribution in [-0.2, 0) is 9.47 Å². The van der Waals surface area contributed by atoms with Crippen molar-refractivity contribution in [3.8, 4) is 11.5 Å². The van der Waals surface area contributed by atoms with E-state index in [1.165, 1.54) is 0 Å². The van der Waals surface area contributed by atoms with Crippen LogP contribution in [0.3, 0.4) is 0 Å². The minimum Gasteiger partial charge on any atom is -0.468 e. The fourth-order valence-corrected chi connectivity index (χ4v) is 1.29. The third-order valence-electron chi connectivity index (χ3n) is 2.35. The summed E-state index contributed by atoms with van der Waals surface area (Å²) in [5.74, 6) is 1.58. The van der Waals surface area contributed by atoms with Gasteiger partial charge in [-0.3, -0.25) is 0 Å². The van der Waals surface area contributed by atoms with Crippen LogP contribution in [0.2, 0.25) is 0 Å². The average Bonchev–Trinajstić information content (AvgIpc) is 3.15. The number of epoxide rings is 1. The smallest absolute Gasteiger partial charge is 0.223 e. The van der Waals surface area contributed by atoms with Crippen molar-refractivity contribution in [3.05, 3.63) is 24.3 Å². The van der Waals surface area contributed by atoms with Crippen LogP contribution in [-0.4, -0.2) is 26.3 Å². The van der Waals surface area contributed by atoms with E-state index >= 15 is 0 Å². The molecule has 0 N–H and O–H groups in total. The summed E-state index contributed by atoms with van der Waals surface area (Å²) >= 11 is 0. The Bertz CT molecular complexity index is 319. The molecule has 0 aliphatic carbocycles. The molecule has 0 bridgehead atoms. The molecule has 4 heteroatoms. The summed E-state index contributed by atoms with van der Waals surface area (Å²) in [6, 6.07) is 7.45. The molecule has 0 amide bonds. The maximum atomic E-state index is 5.43. The summed E-state index contributed by atoms with van der Waals surface area (Å²) in [5.41, 5.74) is 0. The summed E-state index contributed by atoms with van der Waals surface area (Å²) < 4.78 is 21.1. The summed E-state index contributed by atoms with van der Waals surface area (Å²) in [7, 11) is 0. The van der Waals surface area contributed by atoms with E-state index in [4.69, 9.17) is 18.9 Å². The number of rotatable bonds is 8. The quantitative estimate of drug-likeness (QED) is 0.396. The highest BCUT2D eigenvalue weighted by atomic mass is 16.8. The average molecular weight is 238 g/mol. The molecule has 0 radical (unpaired) electrons. The van der Waals surface area contributed by atoms with Crippen LogP contribution in [0.1, 0.15) is 19.8 Å². The second-order valence-corrected chi connectivity index (χ2v) is 3.88. The minimum atomic E-state index is -0.0563. The molecule has 1 heterocycles. The summed E-state index contributed by atoms with van der Waals surface area (Å²) in [6.45, 7) is 3.86. The van der Waals surface area contributed by atoms with Gasteiger partial charge in [0.25, 0.3) is 0 Å². The van der Waals surface area contributed by atoms with Crippen molar-refractivity contribution in [2.45, 2.75) is 26.1 Å². The lowest BCUT2D eigenvalue weighted by Gasteiger charge is -2.07. The number of benzene rings is 1. The van der Waals surface area contributed by atoms with E-state index in [0.29, 0.717) is 13.4 Å². The van der Waals surface area contributed by atoms with E-state index in [-0.39, 0.29) is 6.29 Å². The second-order valence-electron chi connectivity index (χ2n) is 3.88. The third kappa shape index (κ3) is 4.63. The molecular formula is C13H18O4. The molecule has 2 rings (SSSR count). The van der Waals surface area contributed by atoms with E-state index in [1.807, 2.05) is 24.3 Å². The van der Waals surface area contributed by atoms with Gasteiger partial charge in [-0.05, 0) is 30.7 Å².